The van der Waals surface area contributed by atoms with E-state index >= 15 is 0 Å². The van der Waals surface area contributed by atoms with Crippen molar-refractivity contribution < 1.29 is 0 Å². The van der Waals surface area contributed by atoms with Crippen LogP contribution in [0.5, 0.6) is 0 Å². The van der Waals surface area contributed by atoms with E-state index in [-0.39, 0.29) is 0 Å². The Hall–Kier alpha value is -1.91. The first-order valence-corrected chi connectivity index (χ1v) is 6.12. The summed E-state index contributed by atoms with van der Waals surface area (Å²) in [4.78, 5) is 0. The summed E-state index contributed by atoms with van der Waals surface area (Å²) >= 11 is 6.20. The third-order valence-corrected chi connectivity index (χ3v) is 3.22. The van der Waals surface area contributed by atoms with Crippen LogP contribution in [-0.4, -0.2) is 7.05 Å². The first-order chi connectivity index (χ1) is 8.72. The third-order valence-electron chi connectivity index (χ3n) is 2.85. The topological polar surface area (TPSA) is 12.0 Å². The van der Waals surface area contributed by atoms with E-state index in [1.54, 1.807) is 0 Å². The van der Waals surface area contributed by atoms with Gasteiger partial charge in [0, 0.05) is 23.3 Å². The van der Waals surface area contributed by atoms with E-state index in [2.05, 4.69) is 17.3 Å². The van der Waals surface area contributed by atoms with Gasteiger partial charge < -0.3 is 5.32 Å². The Labute approximate surface area is 113 Å². The maximum Gasteiger partial charge on any atom is 0.0442 e. The van der Waals surface area contributed by atoms with Crippen LogP contribution < -0.4 is 5.32 Å². The number of hydrogen-bond donors (Lipinski definition) is 1. The average Bonchev–Trinajstić information content (AvgIpc) is 2.42. The van der Waals surface area contributed by atoms with Crippen LogP contribution in [-0.2, 0) is 6.42 Å². The molecule has 2 heteroatoms. The molecule has 0 atom stereocenters. The number of terminal acetylenes is 1. The molecule has 90 valence electrons. The van der Waals surface area contributed by atoms with Crippen molar-refractivity contribution in [3.8, 4) is 12.3 Å². The van der Waals surface area contributed by atoms with Gasteiger partial charge in [-0.05, 0) is 47.9 Å². The Balaban J connectivity index is 2.25. The van der Waals surface area contributed by atoms with Crippen LogP contribution in [0.4, 0.5) is 5.69 Å². The molecule has 0 aliphatic rings. The molecule has 2 aromatic rings. The predicted octanol–water partition coefficient (Wildman–Crippen LogP) is 3.95. The van der Waals surface area contributed by atoms with E-state index in [1.165, 1.54) is 5.56 Å². The second-order valence-corrected chi connectivity index (χ2v) is 4.48. The van der Waals surface area contributed by atoms with Crippen LogP contribution in [0.25, 0.3) is 0 Å². The van der Waals surface area contributed by atoms with Crippen LogP contribution in [0.1, 0.15) is 16.7 Å². The van der Waals surface area contributed by atoms with E-state index in [4.69, 9.17) is 18.0 Å². The van der Waals surface area contributed by atoms with Crippen molar-refractivity contribution in [2.45, 2.75) is 6.42 Å². The van der Waals surface area contributed by atoms with Crippen molar-refractivity contribution in [2.24, 2.45) is 0 Å². The second-order valence-electron chi connectivity index (χ2n) is 4.07. The molecule has 1 N–H and O–H groups in total. The highest BCUT2D eigenvalue weighted by Crippen LogP contribution is 2.23. The highest BCUT2D eigenvalue weighted by Gasteiger charge is 2.03. The van der Waals surface area contributed by atoms with Gasteiger partial charge in [0.25, 0.3) is 0 Å². The Kier molecular flexibility index (Phi) is 3.92. The molecule has 0 saturated carbocycles. The molecule has 0 amide bonds. The summed E-state index contributed by atoms with van der Waals surface area (Å²) in [5, 5.41) is 3.90. The highest BCUT2D eigenvalue weighted by atomic mass is 35.5. The molecule has 0 unspecified atom stereocenters. The van der Waals surface area contributed by atoms with Gasteiger partial charge in [0.1, 0.15) is 0 Å². The minimum Gasteiger partial charge on any atom is -0.388 e. The average molecular weight is 256 g/mol. The summed E-state index contributed by atoms with van der Waals surface area (Å²) in [5.41, 5.74) is 4.27. The summed E-state index contributed by atoms with van der Waals surface area (Å²) in [5.74, 6) is 2.61. The zero-order valence-corrected chi connectivity index (χ0v) is 11.0. The van der Waals surface area contributed by atoms with Gasteiger partial charge in [0.15, 0.2) is 0 Å². The van der Waals surface area contributed by atoms with Gasteiger partial charge in [-0.2, -0.15) is 0 Å². The lowest BCUT2D eigenvalue weighted by molar-refractivity contribution is 1.19. The summed E-state index contributed by atoms with van der Waals surface area (Å²) in [6.07, 6.45) is 6.14. The molecule has 0 saturated heterocycles. The maximum atomic E-state index is 6.20. The Morgan fingerprint density at radius 3 is 2.50 bits per heavy atom. The third kappa shape index (κ3) is 2.85. The van der Waals surface area contributed by atoms with Crippen LogP contribution in [0.2, 0.25) is 5.02 Å². The SMILES string of the molecule is C#Cc1ccc(Cc2cc(NC)ccc2Cl)cc1. The van der Waals surface area contributed by atoms with Crippen LogP contribution >= 0.6 is 11.6 Å². The van der Waals surface area contributed by atoms with Crippen LogP contribution in [0.15, 0.2) is 42.5 Å². The molecule has 1 nitrogen and oxygen atoms in total. The number of hydrogen-bond acceptors (Lipinski definition) is 1. The molecule has 0 fully saturated rings. The quantitative estimate of drug-likeness (QED) is 0.819. The first-order valence-electron chi connectivity index (χ1n) is 5.74. The fourth-order valence-corrected chi connectivity index (χ4v) is 1.99. The molecule has 0 radical (unpaired) electrons. The number of rotatable bonds is 3. The lowest BCUT2D eigenvalue weighted by Gasteiger charge is -2.08. The van der Waals surface area contributed by atoms with Crippen molar-refractivity contribution in [1.29, 1.82) is 0 Å². The minimum atomic E-state index is 0.787. The number of halogens is 1. The van der Waals surface area contributed by atoms with Gasteiger partial charge in [0.05, 0.1) is 0 Å². The van der Waals surface area contributed by atoms with Crippen molar-refractivity contribution in [3.63, 3.8) is 0 Å². The lowest BCUT2D eigenvalue weighted by Crippen LogP contribution is -1.93. The first kappa shape index (κ1) is 12.5. The molecule has 0 bridgehead atoms. The summed E-state index contributed by atoms with van der Waals surface area (Å²) in [6.45, 7) is 0. The summed E-state index contributed by atoms with van der Waals surface area (Å²) < 4.78 is 0. The maximum absolute atomic E-state index is 6.20. The smallest absolute Gasteiger partial charge is 0.0442 e. The largest absolute Gasteiger partial charge is 0.388 e. The fourth-order valence-electron chi connectivity index (χ4n) is 1.80. The Bertz CT molecular complexity index is 579. The molecule has 0 spiro atoms. The second kappa shape index (κ2) is 5.62. The minimum absolute atomic E-state index is 0.787. The monoisotopic (exact) mass is 255 g/mol. The molecular weight excluding hydrogens is 242 g/mol. The molecule has 18 heavy (non-hydrogen) atoms. The molecule has 2 rings (SSSR count). The Morgan fingerprint density at radius 2 is 1.89 bits per heavy atom. The number of nitrogens with one attached hydrogen (secondary N) is 1. The fraction of sp³-hybridized carbons (Fsp3) is 0.125. The summed E-state index contributed by atoms with van der Waals surface area (Å²) in [6, 6.07) is 13.9. The lowest BCUT2D eigenvalue weighted by atomic mass is 10.0. The van der Waals surface area contributed by atoms with Crippen LogP contribution in [0.3, 0.4) is 0 Å². The van der Waals surface area contributed by atoms with Crippen molar-refractivity contribution in [1.82, 2.24) is 0 Å². The van der Waals surface area contributed by atoms with E-state index in [9.17, 15) is 0 Å². The molecule has 2 aromatic carbocycles. The van der Waals surface area contributed by atoms with E-state index in [0.717, 1.165) is 28.3 Å². The van der Waals surface area contributed by atoms with E-state index in [1.807, 2.05) is 43.4 Å². The molecule has 0 aliphatic heterocycles. The van der Waals surface area contributed by atoms with E-state index < -0.39 is 0 Å². The molecule has 0 aliphatic carbocycles. The van der Waals surface area contributed by atoms with Crippen LogP contribution in [0, 0.1) is 12.3 Å². The number of anilines is 1. The molecular formula is C16H14ClN. The normalized spacial score (nSPS) is 9.83. The molecule has 0 heterocycles. The Morgan fingerprint density at radius 1 is 1.17 bits per heavy atom. The zero-order chi connectivity index (χ0) is 13.0. The molecule has 0 aromatic heterocycles. The predicted molar refractivity (Wildman–Crippen MR) is 78.2 cm³/mol. The highest BCUT2D eigenvalue weighted by molar-refractivity contribution is 6.31. The van der Waals surface area contributed by atoms with Crippen molar-refractivity contribution >= 4 is 17.3 Å². The van der Waals surface area contributed by atoms with Crippen molar-refractivity contribution in [3.05, 3.63) is 64.2 Å². The van der Waals surface area contributed by atoms with Gasteiger partial charge >= 0.3 is 0 Å². The summed E-state index contributed by atoms with van der Waals surface area (Å²) in [7, 11) is 1.90. The number of benzene rings is 2. The van der Waals surface area contributed by atoms with Gasteiger partial charge in [-0.3, -0.25) is 0 Å². The van der Waals surface area contributed by atoms with Gasteiger partial charge in [-0.25, -0.2) is 0 Å². The zero-order valence-electron chi connectivity index (χ0n) is 10.2. The standard InChI is InChI=1S/C16H14ClN/c1-3-12-4-6-13(7-5-12)10-14-11-15(18-2)8-9-16(14)17/h1,4-9,11,18H,10H2,2H3. The van der Waals surface area contributed by atoms with Gasteiger partial charge in [-0.1, -0.05) is 29.7 Å². The van der Waals surface area contributed by atoms with Gasteiger partial charge in [0.2, 0.25) is 0 Å². The van der Waals surface area contributed by atoms with Crippen molar-refractivity contribution in [2.75, 3.05) is 12.4 Å². The van der Waals surface area contributed by atoms with Gasteiger partial charge in [-0.15, -0.1) is 6.42 Å². The van der Waals surface area contributed by atoms with E-state index in [0.29, 0.717) is 0 Å².